The van der Waals surface area contributed by atoms with Crippen LogP contribution in [0.4, 0.5) is 0 Å². The van der Waals surface area contributed by atoms with Crippen molar-refractivity contribution in [2.45, 2.75) is 6.92 Å². The van der Waals surface area contributed by atoms with Crippen LogP contribution in [0.5, 0.6) is 5.88 Å². The first kappa shape index (κ1) is 12.3. The first-order chi connectivity index (χ1) is 8.24. The number of likely N-dealkylation sites (N-methyl/N-ethyl adjacent to an activating group) is 1. The van der Waals surface area contributed by atoms with Gasteiger partial charge in [-0.05, 0) is 14.0 Å². The molecule has 5 heteroatoms. The molecule has 0 aromatic carbocycles. The second-order valence-electron chi connectivity index (χ2n) is 4.49. The summed E-state index contributed by atoms with van der Waals surface area (Å²) < 4.78 is 5.61. The van der Waals surface area contributed by atoms with E-state index in [0.29, 0.717) is 12.5 Å². The smallest absolute Gasteiger partial charge is 0.216 e. The SMILES string of the molecule is Cc1cc(OCCN2CCN(C)CC2)ncn1. The van der Waals surface area contributed by atoms with Crippen LogP contribution in [0.2, 0.25) is 0 Å². The van der Waals surface area contributed by atoms with Crippen LogP contribution in [0, 0.1) is 6.92 Å². The second kappa shape index (κ2) is 5.93. The molecule has 17 heavy (non-hydrogen) atoms. The fourth-order valence-corrected chi connectivity index (χ4v) is 1.86. The first-order valence-electron chi connectivity index (χ1n) is 6.06. The van der Waals surface area contributed by atoms with Gasteiger partial charge < -0.3 is 9.64 Å². The Morgan fingerprint density at radius 3 is 2.71 bits per heavy atom. The van der Waals surface area contributed by atoms with Crippen molar-refractivity contribution in [2.75, 3.05) is 46.4 Å². The minimum atomic E-state index is 0.673. The molecule has 0 N–H and O–H groups in total. The summed E-state index contributed by atoms with van der Waals surface area (Å²) in [7, 11) is 2.16. The third-order valence-electron chi connectivity index (χ3n) is 3.03. The summed E-state index contributed by atoms with van der Waals surface area (Å²) in [5.74, 6) is 0.673. The Balaban J connectivity index is 1.69. The molecule has 1 saturated heterocycles. The highest BCUT2D eigenvalue weighted by atomic mass is 16.5. The largest absolute Gasteiger partial charge is 0.476 e. The van der Waals surface area contributed by atoms with Gasteiger partial charge >= 0.3 is 0 Å². The number of nitrogens with zero attached hydrogens (tertiary/aromatic N) is 4. The second-order valence-corrected chi connectivity index (χ2v) is 4.49. The van der Waals surface area contributed by atoms with Gasteiger partial charge in [-0.25, -0.2) is 9.97 Å². The molecule has 0 atom stereocenters. The summed E-state index contributed by atoms with van der Waals surface area (Å²) in [5, 5.41) is 0. The number of aromatic nitrogens is 2. The van der Waals surface area contributed by atoms with Crippen LogP contribution in [0.3, 0.4) is 0 Å². The molecule has 0 saturated carbocycles. The minimum Gasteiger partial charge on any atom is -0.476 e. The molecule has 0 radical (unpaired) electrons. The number of aryl methyl sites for hydroxylation is 1. The van der Waals surface area contributed by atoms with Gasteiger partial charge in [-0.2, -0.15) is 0 Å². The van der Waals surface area contributed by atoms with Crippen LogP contribution in [0.25, 0.3) is 0 Å². The van der Waals surface area contributed by atoms with E-state index in [4.69, 9.17) is 4.74 Å². The maximum Gasteiger partial charge on any atom is 0.216 e. The molecule has 0 spiro atoms. The predicted octanol–water partition coefficient (Wildman–Crippen LogP) is 0.411. The van der Waals surface area contributed by atoms with Crippen molar-refractivity contribution >= 4 is 0 Å². The lowest BCUT2D eigenvalue weighted by Crippen LogP contribution is -2.45. The number of hydrogen-bond acceptors (Lipinski definition) is 5. The fourth-order valence-electron chi connectivity index (χ4n) is 1.86. The molecular weight excluding hydrogens is 216 g/mol. The van der Waals surface area contributed by atoms with Crippen molar-refractivity contribution in [1.29, 1.82) is 0 Å². The van der Waals surface area contributed by atoms with E-state index in [0.717, 1.165) is 38.4 Å². The minimum absolute atomic E-state index is 0.673. The summed E-state index contributed by atoms with van der Waals surface area (Å²) in [4.78, 5) is 12.9. The molecule has 1 aliphatic heterocycles. The molecule has 1 aromatic rings. The standard InChI is InChI=1S/C12H20N4O/c1-11-9-12(14-10-13-11)17-8-7-16-5-3-15(2)4-6-16/h9-10H,3-8H2,1-2H3. The van der Waals surface area contributed by atoms with Gasteiger partial charge in [-0.1, -0.05) is 0 Å². The molecule has 94 valence electrons. The highest BCUT2D eigenvalue weighted by Gasteiger charge is 2.13. The average molecular weight is 236 g/mol. The maximum atomic E-state index is 5.61. The van der Waals surface area contributed by atoms with Gasteiger partial charge in [0.2, 0.25) is 5.88 Å². The lowest BCUT2D eigenvalue weighted by atomic mass is 10.3. The van der Waals surface area contributed by atoms with Gasteiger partial charge in [0.15, 0.2) is 0 Å². The third-order valence-corrected chi connectivity index (χ3v) is 3.03. The van der Waals surface area contributed by atoms with Crippen molar-refractivity contribution in [1.82, 2.24) is 19.8 Å². The zero-order valence-corrected chi connectivity index (χ0v) is 10.6. The summed E-state index contributed by atoms with van der Waals surface area (Å²) in [6, 6.07) is 1.87. The molecule has 0 amide bonds. The monoisotopic (exact) mass is 236 g/mol. The van der Waals surface area contributed by atoms with Gasteiger partial charge in [-0.3, -0.25) is 4.90 Å². The third kappa shape index (κ3) is 3.94. The van der Waals surface area contributed by atoms with Crippen LogP contribution in [-0.4, -0.2) is 66.1 Å². The van der Waals surface area contributed by atoms with Gasteiger partial charge in [0, 0.05) is 44.5 Å². The van der Waals surface area contributed by atoms with Crippen molar-refractivity contribution in [3.8, 4) is 5.88 Å². The molecule has 1 aromatic heterocycles. The lowest BCUT2D eigenvalue weighted by Gasteiger charge is -2.32. The Kier molecular flexibility index (Phi) is 4.28. The van der Waals surface area contributed by atoms with E-state index in [1.807, 2.05) is 13.0 Å². The molecule has 2 heterocycles. The molecule has 2 rings (SSSR count). The summed E-state index contributed by atoms with van der Waals surface area (Å²) in [6.07, 6.45) is 1.54. The Morgan fingerprint density at radius 1 is 1.24 bits per heavy atom. The molecule has 1 aliphatic rings. The van der Waals surface area contributed by atoms with E-state index >= 15 is 0 Å². The Hall–Kier alpha value is -1.20. The Labute approximate surface area is 102 Å². The topological polar surface area (TPSA) is 41.5 Å². The highest BCUT2D eigenvalue weighted by Crippen LogP contribution is 2.06. The van der Waals surface area contributed by atoms with E-state index < -0.39 is 0 Å². The Morgan fingerprint density at radius 2 is 2.00 bits per heavy atom. The van der Waals surface area contributed by atoms with Crippen molar-refractivity contribution in [2.24, 2.45) is 0 Å². The van der Waals surface area contributed by atoms with E-state index in [1.165, 1.54) is 0 Å². The van der Waals surface area contributed by atoms with Crippen LogP contribution in [0.1, 0.15) is 5.69 Å². The lowest BCUT2D eigenvalue weighted by molar-refractivity contribution is 0.132. The molecule has 0 unspecified atom stereocenters. The first-order valence-corrected chi connectivity index (χ1v) is 6.06. The summed E-state index contributed by atoms with van der Waals surface area (Å²) in [6.45, 7) is 8.15. The quantitative estimate of drug-likeness (QED) is 0.757. The fraction of sp³-hybridized carbons (Fsp3) is 0.667. The average Bonchev–Trinajstić information content (AvgIpc) is 2.32. The molecule has 5 nitrogen and oxygen atoms in total. The van der Waals surface area contributed by atoms with Gasteiger partial charge in [0.1, 0.15) is 12.9 Å². The van der Waals surface area contributed by atoms with E-state index in [1.54, 1.807) is 6.33 Å². The molecule has 1 fully saturated rings. The van der Waals surface area contributed by atoms with Gasteiger partial charge in [0.25, 0.3) is 0 Å². The van der Waals surface area contributed by atoms with Crippen molar-refractivity contribution < 1.29 is 4.74 Å². The number of hydrogen-bond donors (Lipinski definition) is 0. The zero-order valence-electron chi connectivity index (χ0n) is 10.6. The molecular formula is C12H20N4O. The predicted molar refractivity (Wildman–Crippen MR) is 66.2 cm³/mol. The van der Waals surface area contributed by atoms with Crippen LogP contribution in [-0.2, 0) is 0 Å². The normalized spacial score (nSPS) is 18.2. The highest BCUT2D eigenvalue weighted by molar-refractivity contribution is 5.11. The molecule has 0 bridgehead atoms. The van der Waals surface area contributed by atoms with Crippen LogP contribution in [0.15, 0.2) is 12.4 Å². The van der Waals surface area contributed by atoms with Crippen molar-refractivity contribution in [3.05, 3.63) is 18.1 Å². The van der Waals surface area contributed by atoms with E-state index in [2.05, 4.69) is 26.8 Å². The Bertz CT molecular complexity index is 350. The van der Waals surface area contributed by atoms with Crippen molar-refractivity contribution in [3.63, 3.8) is 0 Å². The maximum absolute atomic E-state index is 5.61. The van der Waals surface area contributed by atoms with E-state index in [-0.39, 0.29) is 0 Å². The summed E-state index contributed by atoms with van der Waals surface area (Å²) in [5.41, 5.74) is 0.939. The summed E-state index contributed by atoms with van der Waals surface area (Å²) >= 11 is 0. The number of rotatable bonds is 4. The number of piperazine rings is 1. The van der Waals surface area contributed by atoms with E-state index in [9.17, 15) is 0 Å². The van der Waals surface area contributed by atoms with Crippen LogP contribution >= 0.6 is 0 Å². The zero-order chi connectivity index (χ0) is 12.1. The number of ether oxygens (including phenoxy) is 1. The van der Waals surface area contributed by atoms with Gasteiger partial charge in [-0.15, -0.1) is 0 Å². The van der Waals surface area contributed by atoms with Gasteiger partial charge in [0.05, 0.1) is 0 Å². The van der Waals surface area contributed by atoms with Crippen LogP contribution < -0.4 is 4.74 Å². The molecule has 0 aliphatic carbocycles.